The highest BCUT2D eigenvalue weighted by Crippen LogP contribution is 2.28. The van der Waals surface area contributed by atoms with Crippen LogP contribution in [0.2, 0.25) is 0 Å². The van der Waals surface area contributed by atoms with Crippen LogP contribution in [0.5, 0.6) is 0 Å². The zero-order chi connectivity index (χ0) is 11.5. The van der Waals surface area contributed by atoms with E-state index in [1.165, 1.54) is 11.0 Å². The standard InChI is InChI=1S/C12H16O2S/c1-4-9-6-7-10(15-9)8-12(3,5-2)11(13)14/h5-7H,2,4,8H2,1,3H3,(H,13,14). The molecule has 0 fully saturated rings. The van der Waals surface area contributed by atoms with Gasteiger partial charge in [0.25, 0.3) is 0 Å². The lowest BCUT2D eigenvalue weighted by atomic mass is 9.86. The number of aryl methyl sites for hydroxylation is 1. The van der Waals surface area contributed by atoms with Gasteiger partial charge in [0.2, 0.25) is 0 Å². The van der Waals surface area contributed by atoms with Gasteiger partial charge in [-0.2, -0.15) is 0 Å². The molecule has 82 valence electrons. The number of carbonyl (C=O) groups is 1. The van der Waals surface area contributed by atoms with Crippen LogP contribution in [0.25, 0.3) is 0 Å². The molecule has 3 heteroatoms. The molecule has 0 saturated carbocycles. The molecule has 1 atom stereocenters. The highest BCUT2D eigenvalue weighted by molar-refractivity contribution is 7.12. The summed E-state index contributed by atoms with van der Waals surface area (Å²) in [4.78, 5) is 13.5. The molecule has 0 bridgehead atoms. The molecule has 1 unspecified atom stereocenters. The van der Waals surface area contributed by atoms with Gasteiger partial charge in [-0.3, -0.25) is 4.79 Å². The zero-order valence-corrected chi connectivity index (χ0v) is 9.93. The number of hydrogen-bond donors (Lipinski definition) is 1. The van der Waals surface area contributed by atoms with Crippen molar-refractivity contribution in [2.45, 2.75) is 26.7 Å². The van der Waals surface area contributed by atoms with Crippen molar-refractivity contribution < 1.29 is 9.90 Å². The monoisotopic (exact) mass is 224 g/mol. The van der Waals surface area contributed by atoms with Crippen molar-refractivity contribution in [1.82, 2.24) is 0 Å². The first-order valence-corrected chi connectivity index (χ1v) is 5.78. The van der Waals surface area contributed by atoms with E-state index in [4.69, 9.17) is 5.11 Å². The molecule has 0 spiro atoms. The van der Waals surface area contributed by atoms with Crippen molar-refractivity contribution >= 4 is 17.3 Å². The summed E-state index contributed by atoms with van der Waals surface area (Å²) in [5.41, 5.74) is -0.851. The molecule has 0 aromatic carbocycles. The number of aliphatic carboxylic acids is 1. The average Bonchev–Trinajstić information content (AvgIpc) is 2.65. The van der Waals surface area contributed by atoms with Crippen LogP contribution in [-0.4, -0.2) is 11.1 Å². The smallest absolute Gasteiger partial charge is 0.313 e. The van der Waals surface area contributed by atoms with Gasteiger partial charge in [-0.15, -0.1) is 17.9 Å². The second-order valence-electron chi connectivity index (χ2n) is 3.83. The molecular formula is C12H16O2S. The topological polar surface area (TPSA) is 37.3 Å². The Bertz CT molecular complexity index is 367. The Kier molecular flexibility index (Phi) is 3.69. The molecule has 1 aromatic rings. The van der Waals surface area contributed by atoms with Gasteiger partial charge in [0.15, 0.2) is 0 Å². The molecule has 2 nitrogen and oxygen atoms in total. The van der Waals surface area contributed by atoms with Crippen LogP contribution in [0.3, 0.4) is 0 Å². The second kappa shape index (κ2) is 4.62. The molecule has 0 amide bonds. The lowest BCUT2D eigenvalue weighted by molar-refractivity contribution is -0.145. The molecule has 0 aliphatic rings. The lowest BCUT2D eigenvalue weighted by Gasteiger charge is -2.18. The summed E-state index contributed by atoms with van der Waals surface area (Å²) < 4.78 is 0. The van der Waals surface area contributed by atoms with E-state index >= 15 is 0 Å². The van der Waals surface area contributed by atoms with Crippen LogP contribution >= 0.6 is 11.3 Å². The van der Waals surface area contributed by atoms with Crippen molar-refractivity contribution in [1.29, 1.82) is 0 Å². The van der Waals surface area contributed by atoms with Crippen LogP contribution < -0.4 is 0 Å². The van der Waals surface area contributed by atoms with E-state index in [1.54, 1.807) is 18.3 Å². The van der Waals surface area contributed by atoms with Crippen LogP contribution in [0.4, 0.5) is 0 Å². The summed E-state index contributed by atoms with van der Waals surface area (Å²) in [5, 5.41) is 9.09. The molecule has 1 heterocycles. The molecule has 0 aliphatic heterocycles. The molecule has 0 aliphatic carbocycles. The molecule has 1 N–H and O–H groups in total. The predicted octanol–water partition coefficient (Wildman–Crippen LogP) is 3.13. The lowest BCUT2D eigenvalue weighted by Crippen LogP contribution is -2.27. The van der Waals surface area contributed by atoms with Crippen LogP contribution in [0.1, 0.15) is 23.6 Å². The van der Waals surface area contributed by atoms with Gasteiger partial charge in [0, 0.05) is 16.2 Å². The Balaban J connectivity index is 2.83. The Morgan fingerprint density at radius 2 is 2.20 bits per heavy atom. The van der Waals surface area contributed by atoms with E-state index in [-0.39, 0.29) is 0 Å². The molecule has 0 saturated heterocycles. The molecule has 1 rings (SSSR count). The van der Waals surface area contributed by atoms with Crippen molar-refractivity contribution in [3.63, 3.8) is 0 Å². The number of hydrogen-bond acceptors (Lipinski definition) is 2. The molecule has 15 heavy (non-hydrogen) atoms. The SMILES string of the molecule is C=CC(C)(Cc1ccc(CC)s1)C(=O)O. The Morgan fingerprint density at radius 1 is 1.60 bits per heavy atom. The fraction of sp³-hybridized carbons (Fsp3) is 0.417. The van der Waals surface area contributed by atoms with Gasteiger partial charge in [-0.05, 0) is 25.5 Å². The number of carboxylic acids is 1. The fourth-order valence-corrected chi connectivity index (χ4v) is 2.43. The summed E-state index contributed by atoms with van der Waals surface area (Å²) in [6.07, 6.45) is 3.04. The van der Waals surface area contributed by atoms with Crippen LogP contribution in [-0.2, 0) is 17.6 Å². The van der Waals surface area contributed by atoms with Crippen molar-refractivity contribution in [3.8, 4) is 0 Å². The van der Waals surface area contributed by atoms with Crippen LogP contribution in [0.15, 0.2) is 24.8 Å². The van der Waals surface area contributed by atoms with E-state index < -0.39 is 11.4 Å². The minimum Gasteiger partial charge on any atom is -0.481 e. The minimum absolute atomic E-state index is 0.524. The van der Waals surface area contributed by atoms with Gasteiger partial charge >= 0.3 is 5.97 Å². The van der Waals surface area contributed by atoms with E-state index in [9.17, 15) is 4.79 Å². The largest absolute Gasteiger partial charge is 0.481 e. The van der Waals surface area contributed by atoms with Crippen molar-refractivity contribution in [2.75, 3.05) is 0 Å². The number of rotatable bonds is 5. The van der Waals surface area contributed by atoms with Crippen LogP contribution in [0, 0.1) is 5.41 Å². The van der Waals surface area contributed by atoms with Gasteiger partial charge in [-0.1, -0.05) is 13.0 Å². The third-order valence-corrected chi connectivity index (χ3v) is 3.78. The quantitative estimate of drug-likeness (QED) is 0.780. The number of carboxylic acid groups (broad SMARTS) is 1. The van der Waals surface area contributed by atoms with Crippen molar-refractivity contribution in [2.24, 2.45) is 5.41 Å². The third kappa shape index (κ3) is 2.69. The summed E-state index contributed by atoms with van der Waals surface area (Å²) in [7, 11) is 0. The summed E-state index contributed by atoms with van der Waals surface area (Å²) >= 11 is 1.68. The maximum absolute atomic E-state index is 11.1. The first-order chi connectivity index (χ1) is 7.01. The zero-order valence-electron chi connectivity index (χ0n) is 9.12. The predicted molar refractivity (Wildman–Crippen MR) is 63.3 cm³/mol. The maximum atomic E-state index is 11.1. The van der Waals surface area contributed by atoms with E-state index in [1.807, 2.05) is 6.07 Å². The Labute approximate surface area is 94.3 Å². The fourth-order valence-electron chi connectivity index (χ4n) is 1.30. The molecule has 0 radical (unpaired) electrons. The summed E-state index contributed by atoms with van der Waals surface area (Å²) in [6.45, 7) is 7.40. The maximum Gasteiger partial charge on any atom is 0.313 e. The minimum atomic E-state index is -0.851. The van der Waals surface area contributed by atoms with Crippen molar-refractivity contribution in [3.05, 3.63) is 34.5 Å². The van der Waals surface area contributed by atoms with E-state index in [2.05, 4.69) is 19.6 Å². The second-order valence-corrected chi connectivity index (χ2v) is 5.08. The molecular weight excluding hydrogens is 208 g/mol. The van der Waals surface area contributed by atoms with Gasteiger partial charge in [0.05, 0.1) is 5.41 Å². The van der Waals surface area contributed by atoms with Gasteiger partial charge < -0.3 is 5.11 Å². The first-order valence-electron chi connectivity index (χ1n) is 4.96. The first kappa shape index (κ1) is 12.0. The molecule has 1 aromatic heterocycles. The summed E-state index contributed by atoms with van der Waals surface area (Å²) in [6, 6.07) is 4.07. The third-order valence-electron chi connectivity index (χ3n) is 2.55. The summed E-state index contributed by atoms with van der Waals surface area (Å²) in [5.74, 6) is -0.816. The highest BCUT2D eigenvalue weighted by Gasteiger charge is 2.30. The van der Waals surface area contributed by atoms with Gasteiger partial charge in [-0.25, -0.2) is 0 Å². The van der Waals surface area contributed by atoms with E-state index in [0.717, 1.165) is 11.3 Å². The van der Waals surface area contributed by atoms with Gasteiger partial charge in [0.1, 0.15) is 0 Å². The number of thiophene rings is 1. The van der Waals surface area contributed by atoms with E-state index in [0.29, 0.717) is 6.42 Å². The average molecular weight is 224 g/mol. The Hall–Kier alpha value is -1.09. The highest BCUT2D eigenvalue weighted by atomic mass is 32.1. The Morgan fingerprint density at radius 3 is 2.60 bits per heavy atom. The normalized spacial score (nSPS) is 14.5.